The van der Waals surface area contributed by atoms with Crippen LogP contribution in [0.2, 0.25) is 0 Å². The van der Waals surface area contributed by atoms with Crippen LogP contribution in [0.25, 0.3) is 0 Å². The van der Waals surface area contributed by atoms with Crippen molar-refractivity contribution in [2.24, 2.45) is 0 Å². The van der Waals surface area contributed by atoms with Crippen molar-refractivity contribution in [3.63, 3.8) is 0 Å². The molecule has 0 unspecified atom stereocenters. The zero-order valence-corrected chi connectivity index (χ0v) is 17.9. The van der Waals surface area contributed by atoms with Crippen LogP contribution in [0.3, 0.4) is 0 Å². The van der Waals surface area contributed by atoms with E-state index in [0.717, 1.165) is 32.3 Å². The topological polar surface area (TPSA) is 58.6 Å². The summed E-state index contributed by atoms with van der Waals surface area (Å²) >= 11 is 1.72. The maximum atomic E-state index is 12.7. The van der Waals surface area contributed by atoms with Crippen LogP contribution in [0.15, 0.2) is 29.2 Å². The van der Waals surface area contributed by atoms with E-state index in [2.05, 4.69) is 35.8 Å². The van der Waals surface area contributed by atoms with E-state index in [9.17, 15) is 9.59 Å². The highest BCUT2D eigenvalue weighted by molar-refractivity contribution is 7.98. The molecular formula is C22H32N2O3S. The summed E-state index contributed by atoms with van der Waals surface area (Å²) < 4.78 is 5.76. The number of rotatable bonds is 8. The molecule has 2 aliphatic rings. The van der Waals surface area contributed by atoms with Gasteiger partial charge in [0.15, 0.2) is 0 Å². The number of nitrogens with one attached hydrogen (secondary N) is 1. The molecule has 0 saturated carbocycles. The zero-order valence-electron chi connectivity index (χ0n) is 17.0. The van der Waals surface area contributed by atoms with Gasteiger partial charge in [0.25, 0.3) is 0 Å². The first-order valence-electron chi connectivity index (χ1n) is 10.3. The second-order valence-electron chi connectivity index (χ2n) is 8.12. The van der Waals surface area contributed by atoms with Crippen LogP contribution in [0.1, 0.15) is 50.5 Å². The summed E-state index contributed by atoms with van der Waals surface area (Å²) in [5, 5.41) is 3.18. The van der Waals surface area contributed by atoms with Gasteiger partial charge in [-0.05, 0) is 62.5 Å². The lowest BCUT2D eigenvalue weighted by Gasteiger charge is -2.31. The number of amides is 2. The smallest absolute Gasteiger partial charge is 0.222 e. The molecule has 0 bridgehead atoms. The Morgan fingerprint density at radius 3 is 2.71 bits per heavy atom. The first-order valence-corrected chi connectivity index (χ1v) is 11.5. The average Bonchev–Trinajstić information content (AvgIpc) is 3.08. The summed E-state index contributed by atoms with van der Waals surface area (Å²) in [5.74, 6) is 0.226. The molecule has 2 fully saturated rings. The van der Waals surface area contributed by atoms with Gasteiger partial charge in [0.2, 0.25) is 11.8 Å². The molecule has 3 rings (SSSR count). The van der Waals surface area contributed by atoms with E-state index in [-0.39, 0.29) is 23.5 Å². The van der Waals surface area contributed by atoms with Crippen molar-refractivity contribution < 1.29 is 14.3 Å². The monoisotopic (exact) mass is 404 g/mol. The van der Waals surface area contributed by atoms with Gasteiger partial charge in [-0.1, -0.05) is 12.1 Å². The van der Waals surface area contributed by atoms with Crippen molar-refractivity contribution in [1.82, 2.24) is 10.2 Å². The third-order valence-corrected chi connectivity index (χ3v) is 6.67. The van der Waals surface area contributed by atoms with Crippen LogP contribution >= 0.6 is 11.8 Å². The Labute approximate surface area is 172 Å². The molecule has 0 aliphatic carbocycles. The molecule has 1 N–H and O–H groups in total. The van der Waals surface area contributed by atoms with Crippen LogP contribution in [-0.2, 0) is 20.7 Å². The summed E-state index contributed by atoms with van der Waals surface area (Å²) in [6.45, 7) is 1.46. The van der Waals surface area contributed by atoms with Crippen LogP contribution in [-0.4, -0.2) is 54.8 Å². The fraction of sp³-hybridized carbons (Fsp3) is 0.636. The van der Waals surface area contributed by atoms with Crippen molar-refractivity contribution in [3.05, 3.63) is 29.8 Å². The van der Waals surface area contributed by atoms with E-state index >= 15 is 0 Å². The molecule has 6 heteroatoms. The first kappa shape index (κ1) is 21.2. The predicted octanol–water partition coefficient (Wildman–Crippen LogP) is 3.41. The molecule has 5 nitrogen and oxygen atoms in total. The number of likely N-dealkylation sites (N-methyl/N-ethyl adjacent to an activating group) is 1. The van der Waals surface area contributed by atoms with Crippen LogP contribution in [0.4, 0.5) is 0 Å². The van der Waals surface area contributed by atoms with Crippen molar-refractivity contribution in [1.29, 1.82) is 0 Å². The van der Waals surface area contributed by atoms with Gasteiger partial charge < -0.3 is 15.0 Å². The molecule has 2 heterocycles. The molecular weight excluding hydrogens is 372 g/mol. The number of carbonyl (C=O) groups excluding carboxylic acids is 2. The van der Waals surface area contributed by atoms with Gasteiger partial charge in [0, 0.05) is 43.5 Å². The highest BCUT2D eigenvalue weighted by Crippen LogP contribution is 2.30. The number of carbonyl (C=O) groups is 2. The molecule has 2 saturated heterocycles. The summed E-state index contributed by atoms with van der Waals surface area (Å²) in [4.78, 5) is 27.7. The lowest BCUT2D eigenvalue weighted by Crippen LogP contribution is -2.45. The van der Waals surface area contributed by atoms with E-state index in [1.54, 1.807) is 16.7 Å². The number of nitrogens with zero attached hydrogens (tertiary/aromatic N) is 1. The maximum Gasteiger partial charge on any atom is 0.222 e. The van der Waals surface area contributed by atoms with Gasteiger partial charge in [-0.15, -0.1) is 11.8 Å². The van der Waals surface area contributed by atoms with E-state index in [4.69, 9.17) is 4.74 Å². The minimum absolute atomic E-state index is 0.0946. The molecule has 1 aromatic rings. The number of ether oxygens (including phenoxy) is 1. The summed E-state index contributed by atoms with van der Waals surface area (Å²) in [6.07, 6.45) is 8.79. The lowest BCUT2D eigenvalue weighted by atomic mass is 9.85. The van der Waals surface area contributed by atoms with Gasteiger partial charge in [0.05, 0.1) is 6.10 Å². The number of thioether (sulfide) groups is 1. The lowest BCUT2D eigenvalue weighted by molar-refractivity contribution is -0.133. The molecule has 2 aliphatic heterocycles. The fourth-order valence-electron chi connectivity index (χ4n) is 4.21. The largest absolute Gasteiger partial charge is 0.376 e. The molecule has 154 valence electrons. The molecule has 0 radical (unpaired) electrons. The Bertz CT molecular complexity index is 673. The Balaban J connectivity index is 1.57. The van der Waals surface area contributed by atoms with E-state index in [1.165, 1.54) is 16.9 Å². The van der Waals surface area contributed by atoms with Crippen molar-refractivity contribution in [2.75, 3.05) is 26.5 Å². The van der Waals surface area contributed by atoms with Crippen molar-refractivity contribution in [2.45, 2.75) is 67.9 Å². The SMILES string of the molecule is CSc1ccc(C[C@]2(CCC(=O)N(C)C[C@H]3CCCCO3)CCC(=O)N2)cc1. The molecule has 2 atom stereocenters. The molecule has 0 spiro atoms. The zero-order chi connectivity index (χ0) is 20.0. The van der Waals surface area contributed by atoms with E-state index in [0.29, 0.717) is 25.8 Å². The minimum Gasteiger partial charge on any atom is -0.376 e. The van der Waals surface area contributed by atoms with Gasteiger partial charge in [0.1, 0.15) is 0 Å². The number of hydrogen-bond donors (Lipinski definition) is 1. The molecule has 28 heavy (non-hydrogen) atoms. The quantitative estimate of drug-likeness (QED) is 0.675. The second kappa shape index (κ2) is 9.79. The maximum absolute atomic E-state index is 12.7. The highest BCUT2D eigenvalue weighted by Gasteiger charge is 2.38. The Hall–Kier alpha value is -1.53. The van der Waals surface area contributed by atoms with Crippen molar-refractivity contribution >= 4 is 23.6 Å². The number of benzene rings is 1. The standard InChI is InChI=1S/C22H32N2O3S/c1-24(16-18-5-3-4-14-27-18)21(26)11-13-22(12-10-20(25)23-22)15-17-6-8-19(28-2)9-7-17/h6-9,18H,3-5,10-16H2,1-2H3,(H,23,25)/t18-,22-/m1/s1. The average molecular weight is 405 g/mol. The summed E-state index contributed by atoms with van der Waals surface area (Å²) in [6, 6.07) is 8.50. The third kappa shape index (κ3) is 5.74. The predicted molar refractivity (Wildman–Crippen MR) is 112 cm³/mol. The van der Waals surface area contributed by atoms with Gasteiger partial charge in [-0.3, -0.25) is 9.59 Å². The fourth-order valence-corrected chi connectivity index (χ4v) is 4.62. The Morgan fingerprint density at radius 2 is 2.11 bits per heavy atom. The minimum atomic E-state index is -0.310. The van der Waals surface area contributed by atoms with Gasteiger partial charge in [-0.2, -0.15) is 0 Å². The first-order chi connectivity index (χ1) is 13.5. The number of hydrogen-bond acceptors (Lipinski definition) is 4. The molecule has 0 aromatic heterocycles. The Kier molecular flexibility index (Phi) is 7.41. The molecule has 2 amide bonds. The van der Waals surface area contributed by atoms with E-state index in [1.807, 2.05) is 7.05 Å². The normalized spacial score (nSPS) is 24.8. The van der Waals surface area contributed by atoms with Crippen LogP contribution in [0, 0.1) is 0 Å². The second-order valence-corrected chi connectivity index (χ2v) is 9.00. The Morgan fingerprint density at radius 1 is 1.32 bits per heavy atom. The van der Waals surface area contributed by atoms with Gasteiger partial charge in [-0.25, -0.2) is 0 Å². The molecule has 1 aromatic carbocycles. The van der Waals surface area contributed by atoms with Crippen LogP contribution < -0.4 is 5.32 Å². The summed E-state index contributed by atoms with van der Waals surface area (Å²) in [7, 11) is 1.86. The third-order valence-electron chi connectivity index (χ3n) is 5.93. The summed E-state index contributed by atoms with van der Waals surface area (Å²) in [5.41, 5.74) is 0.895. The van der Waals surface area contributed by atoms with Gasteiger partial charge >= 0.3 is 0 Å². The van der Waals surface area contributed by atoms with Crippen LogP contribution in [0.5, 0.6) is 0 Å². The van der Waals surface area contributed by atoms with E-state index < -0.39 is 0 Å². The van der Waals surface area contributed by atoms with Crippen molar-refractivity contribution in [3.8, 4) is 0 Å². The highest BCUT2D eigenvalue weighted by atomic mass is 32.2.